The molecular formula is C19H20ClN5O. The predicted molar refractivity (Wildman–Crippen MR) is 100 cm³/mol. The third kappa shape index (κ3) is 3.71. The minimum Gasteiger partial charge on any atom is -0.348 e. The van der Waals surface area contributed by atoms with Gasteiger partial charge in [0.2, 0.25) is 0 Å². The van der Waals surface area contributed by atoms with Gasteiger partial charge in [-0.15, -0.1) is 0 Å². The van der Waals surface area contributed by atoms with Gasteiger partial charge in [0.15, 0.2) is 5.65 Å². The maximum Gasteiger partial charge on any atom is 0.257 e. The summed E-state index contributed by atoms with van der Waals surface area (Å²) in [5.74, 6) is -0.114. The van der Waals surface area contributed by atoms with E-state index in [1.807, 2.05) is 12.1 Å². The lowest BCUT2D eigenvalue weighted by atomic mass is 10.0. The van der Waals surface area contributed by atoms with Gasteiger partial charge in [-0.1, -0.05) is 23.7 Å². The zero-order chi connectivity index (χ0) is 17.9. The number of piperidine rings is 1. The lowest BCUT2D eigenvalue weighted by Crippen LogP contribution is -2.47. The zero-order valence-electron chi connectivity index (χ0n) is 14.3. The smallest absolute Gasteiger partial charge is 0.257 e. The van der Waals surface area contributed by atoms with Crippen LogP contribution < -0.4 is 5.32 Å². The quantitative estimate of drug-likeness (QED) is 0.768. The highest BCUT2D eigenvalue weighted by Crippen LogP contribution is 2.16. The average Bonchev–Trinajstić information content (AvgIpc) is 3.08. The van der Waals surface area contributed by atoms with Crippen LogP contribution in [-0.4, -0.2) is 44.5 Å². The van der Waals surface area contributed by atoms with Crippen LogP contribution in [0.3, 0.4) is 0 Å². The molecule has 1 fully saturated rings. The number of nitrogens with one attached hydrogen (secondary N) is 1. The number of nitrogens with zero attached hydrogens (tertiary/aromatic N) is 4. The molecule has 3 heterocycles. The van der Waals surface area contributed by atoms with E-state index in [-0.39, 0.29) is 11.9 Å². The van der Waals surface area contributed by atoms with Crippen molar-refractivity contribution in [2.45, 2.75) is 25.4 Å². The summed E-state index contributed by atoms with van der Waals surface area (Å²) in [6.45, 7) is 2.73. The molecule has 6 nitrogen and oxygen atoms in total. The van der Waals surface area contributed by atoms with Gasteiger partial charge in [-0.2, -0.15) is 5.10 Å². The van der Waals surface area contributed by atoms with Gasteiger partial charge in [-0.05, 0) is 43.1 Å². The Morgan fingerprint density at radius 3 is 3.00 bits per heavy atom. The maximum absolute atomic E-state index is 12.7. The Labute approximate surface area is 156 Å². The fourth-order valence-corrected chi connectivity index (χ4v) is 3.54. The molecule has 1 atom stereocenters. The lowest BCUT2D eigenvalue weighted by molar-refractivity contribution is 0.0902. The van der Waals surface area contributed by atoms with Crippen LogP contribution in [0.25, 0.3) is 5.65 Å². The van der Waals surface area contributed by atoms with Crippen LogP contribution in [0.2, 0.25) is 5.02 Å². The van der Waals surface area contributed by atoms with Crippen molar-refractivity contribution in [2.75, 3.05) is 13.1 Å². The van der Waals surface area contributed by atoms with Crippen LogP contribution in [0.5, 0.6) is 0 Å². The first kappa shape index (κ1) is 17.0. The number of likely N-dealkylation sites (tertiary alicyclic amines) is 1. The molecule has 1 unspecified atom stereocenters. The van der Waals surface area contributed by atoms with Gasteiger partial charge in [0.1, 0.15) is 5.56 Å². The molecule has 0 spiro atoms. The molecule has 0 aliphatic carbocycles. The Morgan fingerprint density at radius 1 is 1.31 bits per heavy atom. The molecule has 2 aromatic heterocycles. The van der Waals surface area contributed by atoms with Gasteiger partial charge in [0.05, 0.1) is 6.20 Å². The highest BCUT2D eigenvalue weighted by Gasteiger charge is 2.23. The summed E-state index contributed by atoms with van der Waals surface area (Å²) >= 11 is 5.95. The van der Waals surface area contributed by atoms with E-state index in [0.717, 1.165) is 37.5 Å². The van der Waals surface area contributed by atoms with E-state index in [4.69, 9.17) is 11.6 Å². The molecule has 0 radical (unpaired) electrons. The van der Waals surface area contributed by atoms with Crippen LogP contribution in [-0.2, 0) is 6.54 Å². The monoisotopic (exact) mass is 369 g/mol. The second-order valence-corrected chi connectivity index (χ2v) is 7.06. The van der Waals surface area contributed by atoms with E-state index < -0.39 is 0 Å². The maximum atomic E-state index is 12.7. The highest BCUT2D eigenvalue weighted by atomic mass is 35.5. The molecule has 1 aromatic carbocycles. The van der Waals surface area contributed by atoms with Crippen molar-refractivity contribution >= 4 is 23.2 Å². The summed E-state index contributed by atoms with van der Waals surface area (Å²) in [6, 6.07) is 9.85. The molecule has 7 heteroatoms. The molecule has 134 valence electrons. The van der Waals surface area contributed by atoms with Gasteiger partial charge in [0, 0.05) is 36.5 Å². The topological polar surface area (TPSA) is 62.5 Å². The molecule has 1 aliphatic rings. The number of rotatable bonds is 4. The second kappa shape index (κ2) is 7.43. The summed E-state index contributed by atoms with van der Waals surface area (Å²) in [6.07, 6.45) is 7.07. The molecule has 4 rings (SSSR count). The van der Waals surface area contributed by atoms with Crippen LogP contribution in [0.4, 0.5) is 0 Å². The number of aromatic nitrogens is 3. The summed E-state index contributed by atoms with van der Waals surface area (Å²) in [7, 11) is 0. The number of benzene rings is 1. The van der Waals surface area contributed by atoms with Crippen molar-refractivity contribution in [1.29, 1.82) is 0 Å². The molecule has 0 bridgehead atoms. The van der Waals surface area contributed by atoms with Crippen molar-refractivity contribution < 1.29 is 4.79 Å². The van der Waals surface area contributed by atoms with E-state index in [9.17, 15) is 4.79 Å². The third-order valence-corrected chi connectivity index (χ3v) is 4.94. The van der Waals surface area contributed by atoms with Gasteiger partial charge < -0.3 is 5.32 Å². The Bertz CT molecular complexity index is 908. The standard InChI is InChI=1S/C19H20ClN5O/c20-15-6-4-14(5-7-15)12-24-9-1-3-16(13-24)23-19(26)17-11-22-25-10-2-8-21-18(17)25/h2,4-8,10-11,16H,1,3,9,12-13H2,(H,23,26). The van der Waals surface area contributed by atoms with Crippen molar-refractivity contribution in [2.24, 2.45) is 0 Å². The molecule has 0 saturated carbocycles. The fourth-order valence-electron chi connectivity index (χ4n) is 3.42. The van der Waals surface area contributed by atoms with E-state index in [2.05, 4.69) is 32.4 Å². The van der Waals surface area contributed by atoms with Gasteiger partial charge in [-0.25, -0.2) is 9.50 Å². The number of amides is 1. The third-order valence-electron chi connectivity index (χ3n) is 4.68. The molecule has 3 aromatic rings. The zero-order valence-corrected chi connectivity index (χ0v) is 15.1. The minimum absolute atomic E-state index is 0.114. The van der Waals surface area contributed by atoms with E-state index in [1.54, 1.807) is 29.2 Å². The Hall–Kier alpha value is -2.44. The van der Waals surface area contributed by atoms with E-state index in [0.29, 0.717) is 11.2 Å². The number of halogens is 1. The Balaban J connectivity index is 1.40. The Morgan fingerprint density at radius 2 is 2.15 bits per heavy atom. The second-order valence-electron chi connectivity index (χ2n) is 6.62. The SMILES string of the molecule is O=C(NC1CCCN(Cc2ccc(Cl)cc2)C1)c1cnn2cccnc12. The molecule has 1 aliphatic heterocycles. The first-order valence-electron chi connectivity index (χ1n) is 8.75. The number of hydrogen-bond acceptors (Lipinski definition) is 4. The van der Waals surface area contributed by atoms with Gasteiger partial charge >= 0.3 is 0 Å². The minimum atomic E-state index is -0.114. The van der Waals surface area contributed by atoms with Crippen LogP contribution in [0.1, 0.15) is 28.8 Å². The van der Waals surface area contributed by atoms with Crippen molar-refractivity contribution in [1.82, 2.24) is 24.8 Å². The summed E-state index contributed by atoms with van der Waals surface area (Å²) in [5, 5.41) is 8.08. The molecule has 1 saturated heterocycles. The number of carbonyl (C=O) groups is 1. The molecule has 1 N–H and O–H groups in total. The predicted octanol–water partition coefficient (Wildman–Crippen LogP) is 2.78. The summed E-state index contributed by atoms with van der Waals surface area (Å²) < 4.78 is 1.61. The number of hydrogen-bond donors (Lipinski definition) is 1. The first-order valence-corrected chi connectivity index (χ1v) is 9.13. The van der Waals surface area contributed by atoms with Crippen LogP contribution >= 0.6 is 11.6 Å². The highest BCUT2D eigenvalue weighted by molar-refractivity contribution is 6.30. The lowest BCUT2D eigenvalue weighted by Gasteiger charge is -2.33. The number of fused-ring (bicyclic) bond motifs is 1. The summed E-state index contributed by atoms with van der Waals surface area (Å²) in [5.41, 5.74) is 2.33. The van der Waals surface area contributed by atoms with Gasteiger partial charge in [-0.3, -0.25) is 9.69 Å². The number of carbonyl (C=O) groups excluding carboxylic acids is 1. The molecule has 26 heavy (non-hydrogen) atoms. The largest absolute Gasteiger partial charge is 0.348 e. The summed E-state index contributed by atoms with van der Waals surface area (Å²) in [4.78, 5) is 19.3. The Kier molecular flexibility index (Phi) is 4.86. The molecule has 1 amide bonds. The fraction of sp³-hybridized carbons (Fsp3) is 0.316. The normalized spacial score (nSPS) is 18.1. The van der Waals surface area contributed by atoms with Gasteiger partial charge in [0.25, 0.3) is 5.91 Å². The van der Waals surface area contributed by atoms with Crippen molar-refractivity contribution in [3.8, 4) is 0 Å². The van der Waals surface area contributed by atoms with Crippen molar-refractivity contribution in [3.05, 3.63) is 65.1 Å². The first-order chi connectivity index (χ1) is 12.7. The van der Waals surface area contributed by atoms with E-state index >= 15 is 0 Å². The van der Waals surface area contributed by atoms with Crippen LogP contribution in [0.15, 0.2) is 48.9 Å². The van der Waals surface area contributed by atoms with E-state index in [1.165, 1.54) is 5.56 Å². The average molecular weight is 370 g/mol. The van der Waals surface area contributed by atoms with Crippen molar-refractivity contribution in [3.63, 3.8) is 0 Å². The van der Waals surface area contributed by atoms with Crippen LogP contribution in [0, 0.1) is 0 Å². The molecular weight excluding hydrogens is 350 g/mol.